The molecule has 4 rings (SSSR count). The first kappa shape index (κ1) is 23.6. The highest BCUT2D eigenvalue weighted by Crippen LogP contribution is 2.28. The predicted octanol–water partition coefficient (Wildman–Crippen LogP) is 3.73. The fraction of sp³-hybridized carbons (Fsp3) is 0.259. The van der Waals surface area contributed by atoms with E-state index in [2.05, 4.69) is 0 Å². The van der Waals surface area contributed by atoms with Crippen LogP contribution in [0.3, 0.4) is 0 Å². The molecule has 1 saturated heterocycles. The van der Waals surface area contributed by atoms with E-state index in [0.29, 0.717) is 11.1 Å². The smallest absolute Gasteiger partial charge is 0.338 e. The number of ether oxygens (including phenoxy) is 4. The van der Waals surface area contributed by atoms with Crippen LogP contribution in [-0.2, 0) is 25.6 Å². The van der Waals surface area contributed by atoms with E-state index in [9.17, 15) is 9.59 Å². The largest absolute Gasteiger partial charge is 0.453 e. The molecule has 3 aromatic carbocycles. The molecule has 5 atom stereocenters. The Morgan fingerprint density at radius 2 is 1.24 bits per heavy atom. The Labute approximate surface area is 198 Å². The fourth-order valence-electron chi connectivity index (χ4n) is 3.76. The van der Waals surface area contributed by atoms with Gasteiger partial charge in [-0.2, -0.15) is 0 Å². The van der Waals surface area contributed by atoms with Gasteiger partial charge in [0.05, 0.1) is 29.9 Å². The third-order valence-electron chi connectivity index (χ3n) is 5.59. The quantitative estimate of drug-likeness (QED) is 0.536. The molecule has 0 aliphatic carbocycles. The Morgan fingerprint density at radius 3 is 1.76 bits per heavy atom. The summed E-state index contributed by atoms with van der Waals surface area (Å²) in [7, 11) is 0. The van der Waals surface area contributed by atoms with Gasteiger partial charge >= 0.3 is 11.9 Å². The van der Waals surface area contributed by atoms with Gasteiger partial charge in [0.15, 0.2) is 18.5 Å². The first-order chi connectivity index (χ1) is 16.5. The molecule has 7 heteroatoms. The van der Waals surface area contributed by atoms with Crippen LogP contribution in [0.2, 0.25) is 0 Å². The first-order valence-corrected chi connectivity index (χ1v) is 11.1. The first-order valence-electron chi connectivity index (χ1n) is 11.1. The van der Waals surface area contributed by atoms with Gasteiger partial charge in [0.25, 0.3) is 0 Å². The van der Waals surface area contributed by atoms with Crippen molar-refractivity contribution in [3.8, 4) is 0 Å². The molecule has 1 heterocycles. The molecule has 34 heavy (non-hydrogen) atoms. The highest BCUT2D eigenvalue weighted by molar-refractivity contribution is 5.90. The molecule has 176 valence electrons. The summed E-state index contributed by atoms with van der Waals surface area (Å²) in [6.45, 7) is 2.00. The maximum atomic E-state index is 12.9. The summed E-state index contributed by atoms with van der Waals surface area (Å²) in [6.07, 6.45) is -3.41. The number of hydrogen-bond acceptors (Lipinski definition) is 7. The Balaban J connectivity index is 1.53. The lowest BCUT2D eigenvalue weighted by Crippen LogP contribution is -2.63. The standard InChI is InChI=1S/C27H27NO6/c1-18-23(33-25(29)20-13-7-3-8-14-20)24(34-26(30)21-15-9-4-10-16-21)22(28)27(32-18)31-17-19-11-5-2-6-12-19/h2-16,18,22-24,27H,17,28H2,1H3/t18-,22-,23-,24-,27-/m0/s1. The molecule has 2 N–H and O–H groups in total. The van der Waals surface area contributed by atoms with Crippen molar-refractivity contribution in [1.82, 2.24) is 0 Å². The second kappa shape index (κ2) is 11.1. The molecule has 0 bridgehead atoms. The highest BCUT2D eigenvalue weighted by Gasteiger charge is 2.48. The van der Waals surface area contributed by atoms with Crippen molar-refractivity contribution in [2.75, 3.05) is 0 Å². The fourth-order valence-corrected chi connectivity index (χ4v) is 3.76. The van der Waals surface area contributed by atoms with E-state index in [1.165, 1.54) is 0 Å². The average molecular weight is 462 g/mol. The van der Waals surface area contributed by atoms with Gasteiger partial charge in [-0.1, -0.05) is 66.7 Å². The topological polar surface area (TPSA) is 97.1 Å². The van der Waals surface area contributed by atoms with Crippen molar-refractivity contribution in [1.29, 1.82) is 0 Å². The van der Waals surface area contributed by atoms with Crippen molar-refractivity contribution in [3.63, 3.8) is 0 Å². The van der Waals surface area contributed by atoms with Crippen molar-refractivity contribution < 1.29 is 28.5 Å². The van der Waals surface area contributed by atoms with Crippen molar-refractivity contribution in [2.45, 2.75) is 44.2 Å². The number of carbonyl (C=O) groups is 2. The molecular weight excluding hydrogens is 434 g/mol. The lowest BCUT2D eigenvalue weighted by molar-refractivity contribution is -0.258. The van der Waals surface area contributed by atoms with Gasteiger partial charge in [0.1, 0.15) is 0 Å². The third-order valence-corrected chi connectivity index (χ3v) is 5.59. The second-order valence-electron chi connectivity index (χ2n) is 8.06. The van der Waals surface area contributed by atoms with Gasteiger partial charge in [0, 0.05) is 0 Å². The molecule has 0 aromatic heterocycles. The van der Waals surface area contributed by atoms with Gasteiger partial charge in [0.2, 0.25) is 0 Å². The highest BCUT2D eigenvalue weighted by atomic mass is 16.7. The minimum atomic E-state index is -0.982. The molecule has 0 unspecified atom stereocenters. The van der Waals surface area contributed by atoms with Crippen LogP contribution in [0.25, 0.3) is 0 Å². The number of hydrogen-bond donors (Lipinski definition) is 1. The number of benzene rings is 3. The predicted molar refractivity (Wildman–Crippen MR) is 125 cm³/mol. The van der Waals surface area contributed by atoms with E-state index in [4.69, 9.17) is 24.7 Å². The SMILES string of the molecule is C[C@@H]1O[C@H](OCc2ccccc2)[C@@H](N)[C@H](OC(=O)c2ccccc2)[C@H]1OC(=O)c1ccccc1. The minimum Gasteiger partial charge on any atom is -0.453 e. The molecule has 0 spiro atoms. The summed E-state index contributed by atoms with van der Waals surface area (Å²) in [5, 5.41) is 0. The van der Waals surface area contributed by atoms with Crippen molar-refractivity contribution in [2.24, 2.45) is 5.73 Å². The Hall–Kier alpha value is -3.52. The molecular formula is C27H27NO6. The molecule has 1 aliphatic rings. The van der Waals surface area contributed by atoms with E-state index in [0.717, 1.165) is 5.56 Å². The van der Waals surface area contributed by atoms with E-state index >= 15 is 0 Å². The van der Waals surface area contributed by atoms with Crippen LogP contribution in [0, 0.1) is 0 Å². The third kappa shape index (κ3) is 5.69. The van der Waals surface area contributed by atoms with Crippen LogP contribution in [0.4, 0.5) is 0 Å². The molecule has 7 nitrogen and oxygen atoms in total. The Bertz CT molecular complexity index is 1080. The lowest BCUT2D eigenvalue weighted by atomic mass is 9.97. The zero-order chi connectivity index (χ0) is 23.9. The van der Waals surface area contributed by atoms with Crippen LogP contribution in [0.5, 0.6) is 0 Å². The van der Waals surface area contributed by atoms with Crippen molar-refractivity contribution >= 4 is 11.9 Å². The summed E-state index contributed by atoms with van der Waals surface area (Å²) in [6, 6.07) is 25.8. The lowest BCUT2D eigenvalue weighted by Gasteiger charge is -2.43. The maximum absolute atomic E-state index is 12.9. The summed E-state index contributed by atoms with van der Waals surface area (Å²) < 4.78 is 23.4. The van der Waals surface area contributed by atoms with E-state index in [1.54, 1.807) is 67.6 Å². The molecule has 1 aliphatic heterocycles. The monoisotopic (exact) mass is 461 g/mol. The zero-order valence-corrected chi connectivity index (χ0v) is 18.8. The summed E-state index contributed by atoms with van der Waals surface area (Å²) in [5.74, 6) is -1.13. The van der Waals surface area contributed by atoms with Crippen LogP contribution >= 0.6 is 0 Å². The minimum absolute atomic E-state index is 0.264. The molecule has 1 fully saturated rings. The van der Waals surface area contributed by atoms with Crippen LogP contribution in [0.15, 0.2) is 91.0 Å². The van der Waals surface area contributed by atoms with Crippen LogP contribution in [-0.4, -0.2) is 42.6 Å². The van der Waals surface area contributed by atoms with E-state index < -0.39 is 42.6 Å². The Kier molecular flexibility index (Phi) is 7.69. The summed E-state index contributed by atoms with van der Waals surface area (Å²) >= 11 is 0. The summed E-state index contributed by atoms with van der Waals surface area (Å²) in [5.41, 5.74) is 8.15. The van der Waals surface area contributed by atoms with Gasteiger partial charge in [-0.15, -0.1) is 0 Å². The van der Waals surface area contributed by atoms with Crippen molar-refractivity contribution in [3.05, 3.63) is 108 Å². The molecule has 3 aromatic rings. The van der Waals surface area contributed by atoms with Gasteiger partial charge < -0.3 is 24.7 Å². The second-order valence-corrected chi connectivity index (χ2v) is 8.06. The molecule has 0 amide bonds. The van der Waals surface area contributed by atoms with Crippen LogP contribution < -0.4 is 5.73 Å². The maximum Gasteiger partial charge on any atom is 0.338 e. The number of nitrogens with two attached hydrogens (primary N) is 1. The average Bonchev–Trinajstić information content (AvgIpc) is 2.88. The Morgan fingerprint density at radius 1 is 0.765 bits per heavy atom. The number of rotatable bonds is 7. The van der Waals surface area contributed by atoms with Gasteiger partial charge in [-0.3, -0.25) is 0 Å². The zero-order valence-electron chi connectivity index (χ0n) is 18.8. The van der Waals surface area contributed by atoms with Gasteiger partial charge in [-0.25, -0.2) is 9.59 Å². The molecule has 0 saturated carbocycles. The van der Waals surface area contributed by atoms with E-state index in [-0.39, 0.29) is 6.61 Å². The van der Waals surface area contributed by atoms with Gasteiger partial charge in [-0.05, 0) is 36.8 Å². The van der Waals surface area contributed by atoms with E-state index in [1.807, 2.05) is 30.3 Å². The molecule has 0 radical (unpaired) electrons. The normalized spacial score (nSPS) is 24.2. The van der Waals surface area contributed by atoms with Crippen LogP contribution in [0.1, 0.15) is 33.2 Å². The number of carbonyl (C=O) groups excluding carboxylic acids is 2. The summed E-state index contributed by atoms with van der Waals surface area (Å²) in [4.78, 5) is 25.6. The number of esters is 2.